The van der Waals surface area contributed by atoms with Crippen molar-refractivity contribution in [3.8, 4) is 0 Å². The first-order valence-electron chi connectivity index (χ1n) is 6.32. The summed E-state index contributed by atoms with van der Waals surface area (Å²) in [6, 6.07) is 1.57. The Labute approximate surface area is 87.0 Å². The van der Waals surface area contributed by atoms with Gasteiger partial charge in [-0.2, -0.15) is 0 Å². The molecule has 0 aliphatic heterocycles. The predicted octanol–water partition coefficient (Wildman–Crippen LogP) is 3.02. The Kier molecular flexibility index (Phi) is 2.16. The molecule has 0 aromatic rings. The molecule has 0 aromatic heterocycles. The number of hydrogen-bond acceptors (Lipinski definition) is 1. The average molecular weight is 191 g/mol. The van der Waals surface area contributed by atoms with Crippen LogP contribution in [0.2, 0.25) is 0 Å². The lowest BCUT2D eigenvalue weighted by molar-refractivity contribution is -0.0209. The van der Waals surface area contributed by atoms with E-state index in [1.807, 2.05) is 0 Å². The fourth-order valence-corrected chi connectivity index (χ4v) is 3.40. The molecule has 1 spiro atoms. The Morgan fingerprint density at radius 1 is 1.07 bits per heavy atom. The van der Waals surface area contributed by atoms with Gasteiger partial charge in [-0.1, -0.05) is 18.6 Å². The first-order chi connectivity index (χ1) is 6.89. The van der Waals surface area contributed by atoms with Gasteiger partial charge in [-0.05, 0) is 50.4 Å². The van der Waals surface area contributed by atoms with Gasteiger partial charge in [0.15, 0.2) is 0 Å². The van der Waals surface area contributed by atoms with Gasteiger partial charge in [-0.15, -0.1) is 0 Å². The summed E-state index contributed by atoms with van der Waals surface area (Å²) in [5.74, 6) is 0. The lowest BCUT2D eigenvalue weighted by atomic mass is 9.53. The van der Waals surface area contributed by atoms with Crippen LogP contribution >= 0.6 is 0 Å². The molecule has 2 atom stereocenters. The fraction of sp³-hybridized carbons (Fsp3) is 0.846. The second kappa shape index (κ2) is 3.37. The molecule has 0 radical (unpaired) electrons. The van der Waals surface area contributed by atoms with Crippen LogP contribution in [0, 0.1) is 5.41 Å². The van der Waals surface area contributed by atoms with Crippen LogP contribution in [0.1, 0.15) is 51.4 Å². The summed E-state index contributed by atoms with van der Waals surface area (Å²) in [7, 11) is 0. The molecule has 1 heteroatoms. The molecule has 3 rings (SSSR count). The third-order valence-electron chi connectivity index (χ3n) is 4.69. The summed E-state index contributed by atoms with van der Waals surface area (Å²) in [6.07, 6.45) is 16.2. The van der Waals surface area contributed by atoms with Gasteiger partial charge in [0.1, 0.15) is 0 Å². The first-order valence-corrected chi connectivity index (χ1v) is 6.32. The maximum atomic E-state index is 3.86. The van der Waals surface area contributed by atoms with E-state index >= 15 is 0 Å². The summed E-state index contributed by atoms with van der Waals surface area (Å²) in [4.78, 5) is 0. The van der Waals surface area contributed by atoms with Crippen LogP contribution in [0.15, 0.2) is 12.2 Å². The van der Waals surface area contributed by atoms with Crippen LogP contribution < -0.4 is 5.32 Å². The average Bonchev–Trinajstić information content (AvgIpc) is 2.12. The Bertz CT molecular complexity index is 234. The zero-order chi connectivity index (χ0) is 9.43. The molecule has 78 valence electrons. The summed E-state index contributed by atoms with van der Waals surface area (Å²) < 4.78 is 0. The molecule has 1 N–H and O–H groups in total. The second-order valence-corrected chi connectivity index (χ2v) is 5.44. The van der Waals surface area contributed by atoms with Crippen molar-refractivity contribution in [2.75, 3.05) is 0 Å². The molecule has 2 saturated carbocycles. The third-order valence-corrected chi connectivity index (χ3v) is 4.69. The summed E-state index contributed by atoms with van der Waals surface area (Å²) in [5, 5.41) is 3.86. The van der Waals surface area contributed by atoms with Crippen molar-refractivity contribution >= 4 is 0 Å². The van der Waals surface area contributed by atoms with Gasteiger partial charge < -0.3 is 5.32 Å². The zero-order valence-electron chi connectivity index (χ0n) is 8.97. The monoisotopic (exact) mass is 191 g/mol. The van der Waals surface area contributed by atoms with Crippen LogP contribution in [0.5, 0.6) is 0 Å². The van der Waals surface area contributed by atoms with E-state index in [4.69, 9.17) is 0 Å². The molecular formula is C13H21N. The van der Waals surface area contributed by atoms with E-state index in [-0.39, 0.29) is 0 Å². The van der Waals surface area contributed by atoms with Gasteiger partial charge >= 0.3 is 0 Å². The van der Waals surface area contributed by atoms with Gasteiger partial charge in [0.25, 0.3) is 0 Å². The summed E-state index contributed by atoms with van der Waals surface area (Å²) in [6.45, 7) is 0. The van der Waals surface area contributed by atoms with E-state index in [9.17, 15) is 0 Å². The molecule has 0 bridgehead atoms. The van der Waals surface area contributed by atoms with Crippen LogP contribution in [0.25, 0.3) is 0 Å². The quantitative estimate of drug-likeness (QED) is 0.662. The van der Waals surface area contributed by atoms with E-state index in [1.165, 1.54) is 51.4 Å². The second-order valence-electron chi connectivity index (χ2n) is 5.44. The van der Waals surface area contributed by atoms with Gasteiger partial charge in [0.2, 0.25) is 0 Å². The van der Waals surface area contributed by atoms with Crippen molar-refractivity contribution in [1.82, 2.24) is 5.32 Å². The molecule has 14 heavy (non-hydrogen) atoms. The first kappa shape index (κ1) is 8.96. The van der Waals surface area contributed by atoms with Crippen molar-refractivity contribution in [3.05, 3.63) is 12.2 Å². The number of rotatable bonds is 2. The van der Waals surface area contributed by atoms with Crippen molar-refractivity contribution < 1.29 is 0 Å². The molecule has 3 aliphatic carbocycles. The molecular weight excluding hydrogens is 170 g/mol. The molecule has 2 fully saturated rings. The van der Waals surface area contributed by atoms with Gasteiger partial charge in [-0.25, -0.2) is 0 Å². The minimum atomic E-state index is 0.700. The topological polar surface area (TPSA) is 12.0 Å². The van der Waals surface area contributed by atoms with Crippen LogP contribution in [-0.2, 0) is 0 Å². The molecule has 0 heterocycles. The largest absolute Gasteiger partial charge is 0.307 e. The fourth-order valence-electron chi connectivity index (χ4n) is 3.40. The van der Waals surface area contributed by atoms with Gasteiger partial charge in [0.05, 0.1) is 0 Å². The lowest BCUT2D eigenvalue weighted by Gasteiger charge is -2.57. The summed E-state index contributed by atoms with van der Waals surface area (Å²) >= 11 is 0. The Morgan fingerprint density at radius 2 is 2.00 bits per heavy atom. The van der Waals surface area contributed by atoms with Crippen LogP contribution in [0.3, 0.4) is 0 Å². The normalized spacial score (nSPS) is 39.1. The number of nitrogens with one attached hydrogen (secondary N) is 1. The Hall–Kier alpha value is -0.300. The molecule has 0 amide bonds. The van der Waals surface area contributed by atoms with E-state index in [1.54, 1.807) is 0 Å². The smallest absolute Gasteiger partial charge is 0.0252 e. The van der Waals surface area contributed by atoms with Gasteiger partial charge in [-0.3, -0.25) is 0 Å². The highest BCUT2D eigenvalue weighted by molar-refractivity contribution is 5.08. The molecule has 3 aliphatic rings. The number of allylic oxidation sites excluding steroid dienone is 1. The van der Waals surface area contributed by atoms with Crippen LogP contribution in [0.4, 0.5) is 0 Å². The maximum Gasteiger partial charge on any atom is 0.0252 e. The maximum absolute atomic E-state index is 3.86. The Balaban J connectivity index is 1.56. The van der Waals surface area contributed by atoms with Gasteiger partial charge in [0, 0.05) is 12.1 Å². The van der Waals surface area contributed by atoms with Crippen molar-refractivity contribution in [2.24, 2.45) is 5.41 Å². The van der Waals surface area contributed by atoms with Crippen molar-refractivity contribution in [1.29, 1.82) is 0 Å². The molecule has 1 nitrogen and oxygen atoms in total. The highest BCUT2D eigenvalue weighted by atomic mass is 15.0. The summed E-state index contributed by atoms with van der Waals surface area (Å²) in [5.41, 5.74) is 0.769. The predicted molar refractivity (Wildman–Crippen MR) is 59.2 cm³/mol. The van der Waals surface area contributed by atoms with Crippen LogP contribution in [-0.4, -0.2) is 12.1 Å². The molecule has 0 saturated heterocycles. The van der Waals surface area contributed by atoms with E-state index in [0.717, 1.165) is 11.5 Å². The van der Waals surface area contributed by atoms with E-state index in [0.29, 0.717) is 6.04 Å². The highest BCUT2D eigenvalue weighted by Crippen LogP contribution is 2.56. The standard InChI is InChI=1S/C13H21N/c1-2-5-11(6-3-1)14-12-7-10-13(12)8-4-9-13/h2,5,11-12,14H,1,3-4,6-10H2. The molecule has 0 aromatic carbocycles. The van der Waals surface area contributed by atoms with Crippen molar-refractivity contribution in [3.63, 3.8) is 0 Å². The Morgan fingerprint density at radius 3 is 2.50 bits per heavy atom. The molecule has 2 unspecified atom stereocenters. The highest BCUT2D eigenvalue weighted by Gasteiger charge is 2.50. The van der Waals surface area contributed by atoms with Crippen molar-refractivity contribution in [2.45, 2.75) is 63.5 Å². The number of hydrogen-bond donors (Lipinski definition) is 1. The van der Waals surface area contributed by atoms with E-state index < -0.39 is 0 Å². The SMILES string of the molecule is C1=CC(NC2CCC23CCC3)CCC1. The third kappa shape index (κ3) is 1.33. The van der Waals surface area contributed by atoms with E-state index in [2.05, 4.69) is 17.5 Å². The minimum Gasteiger partial charge on any atom is -0.307 e. The zero-order valence-corrected chi connectivity index (χ0v) is 8.97. The lowest BCUT2D eigenvalue weighted by Crippen LogP contribution is -2.59. The minimum absolute atomic E-state index is 0.700.